The van der Waals surface area contributed by atoms with E-state index in [1.54, 1.807) is 12.4 Å². The Bertz CT molecular complexity index is 754. The third kappa shape index (κ3) is 1.99. The van der Waals surface area contributed by atoms with Crippen molar-refractivity contribution in [2.24, 2.45) is 0 Å². The minimum absolute atomic E-state index is 0.166. The summed E-state index contributed by atoms with van der Waals surface area (Å²) in [6.45, 7) is 0. The maximum absolute atomic E-state index is 5.54. The molecular formula is C18H18N4. The average molecular weight is 290 g/mol. The first-order chi connectivity index (χ1) is 10.8. The molecule has 2 heterocycles. The number of anilines is 1. The van der Waals surface area contributed by atoms with E-state index in [4.69, 9.17) is 5.73 Å². The molecule has 1 aliphatic carbocycles. The Morgan fingerprint density at radius 3 is 2.23 bits per heavy atom. The molecule has 0 atom stereocenters. The van der Waals surface area contributed by atoms with Crippen molar-refractivity contribution < 1.29 is 0 Å². The van der Waals surface area contributed by atoms with Crippen molar-refractivity contribution in [1.29, 1.82) is 0 Å². The second-order valence-corrected chi connectivity index (χ2v) is 5.93. The fourth-order valence-electron chi connectivity index (χ4n) is 3.34. The average Bonchev–Trinajstić information content (AvgIpc) is 3.02. The second kappa shape index (κ2) is 4.98. The lowest BCUT2D eigenvalue weighted by Crippen LogP contribution is -2.35. The van der Waals surface area contributed by atoms with E-state index in [9.17, 15) is 0 Å². The monoisotopic (exact) mass is 290 g/mol. The number of nitrogen functional groups attached to an aromatic ring is 1. The molecule has 22 heavy (non-hydrogen) atoms. The minimum Gasteiger partial charge on any atom is -0.368 e. The van der Waals surface area contributed by atoms with Crippen LogP contribution in [0.1, 0.15) is 30.5 Å². The molecule has 1 aliphatic rings. The first-order valence-corrected chi connectivity index (χ1v) is 7.60. The molecule has 0 amide bonds. The lowest BCUT2D eigenvalue weighted by molar-refractivity contribution is 0.295. The molecule has 1 aromatic carbocycles. The highest BCUT2D eigenvalue weighted by Crippen LogP contribution is 2.48. The largest absolute Gasteiger partial charge is 0.368 e. The van der Waals surface area contributed by atoms with Crippen LogP contribution in [0.15, 0.2) is 55.0 Å². The van der Waals surface area contributed by atoms with Gasteiger partial charge in [0.05, 0.1) is 0 Å². The number of nitrogens with one attached hydrogen (secondary N) is 1. The molecule has 4 heteroatoms. The van der Waals surface area contributed by atoms with Gasteiger partial charge in [-0.3, -0.25) is 0 Å². The van der Waals surface area contributed by atoms with Gasteiger partial charge in [-0.15, -0.1) is 0 Å². The van der Waals surface area contributed by atoms with Crippen LogP contribution in [-0.4, -0.2) is 15.0 Å². The third-order valence-electron chi connectivity index (χ3n) is 4.76. The van der Waals surface area contributed by atoms with Crippen molar-refractivity contribution in [1.82, 2.24) is 15.0 Å². The van der Waals surface area contributed by atoms with Gasteiger partial charge in [-0.1, -0.05) is 30.7 Å². The molecule has 0 unspecified atom stereocenters. The van der Waals surface area contributed by atoms with Crippen LogP contribution in [-0.2, 0) is 5.41 Å². The highest BCUT2D eigenvalue weighted by atomic mass is 15.0. The molecule has 0 bridgehead atoms. The van der Waals surface area contributed by atoms with Crippen LogP contribution in [0.2, 0.25) is 0 Å². The number of aromatic amines is 1. The van der Waals surface area contributed by atoms with Crippen molar-refractivity contribution in [3.05, 3.63) is 66.2 Å². The molecular weight excluding hydrogens is 272 g/mol. The van der Waals surface area contributed by atoms with Gasteiger partial charge in [-0.25, -0.2) is 9.97 Å². The summed E-state index contributed by atoms with van der Waals surface area (Å²) in [7, 11) is 0. The van der Waals surface area contributed by atoms with Crippen LogP contribution in [0.5, 0.6) is 0 Å². The van der Waals surface area contributed by atoms with Gasteiger partial charge in [0.1, 0.15) is 0 Å². The van der Waals surface area contributed by atoms with Crippen LogP contribution >= 0.6 is 0 Å². The molecule has 0 aliphatic heterocycles. The van der Waals surface area contributed by atoms with Crippen molar-refractivity contribution in [3.8, 4) is 11.1 Å². The highest BCUT2D eigenvalue weighted by Gasteiger charge is 2.40. The highest BCUT2D eigenvalue weighted by molar-refractivity contribution is 5.62. The van der Waals surface area contributed by atoms with E-state index in [1.165, 1.54) is 30.5 Å². The number of H-pyrrole nitrogens is 1. The Kier molecular flexibility index (Phi) is 2.96. The standard InChI is InChI=1S/C18H18N4/c19-17-21-11-14(12-22-17)13-4-6-15(7-5-13)18(8-2-9-18)16-3-1-10-20-16/h1,3-7,10-12,20H,2,8-9H2,(H2,19,21,22). The molecule has 1 fully saturated rings. The van der Waals surface area contributed by atoms with E-state index in [-0.39, 0.29) is 5.41 Å². The van der Waals surface area contributed by atoms with Crippen LogP contribution < -0.4 is 5.73 Å². The van der Waals surface area contributed by atoms with Crippen molar-refractivity contribution in [2.75, 3.05) is 5.73 Å². The van der Waals surface area contributed by atoms with E-state index in [1.807, 2.05) is 6.20 Å². The Labute approximate surface area is 129 Å². The number of nitrogens with zero attached hydrogens (tertiary/aromatic N) is 2. The molecule has 3 aromatic rings. The number of benzene rings is 1. The zero-order valence-electron chi connectivity index (χ0n) is 12.3. The summed E-state index contributed by atoms with van der Waals surface area (Å²) in [5.74, 6) is 0.306. The van der Waals surface area contributed by atoms with Gasteiger partial charge in [0, 0.05) is 35.3 Å². The summed E-state index contributed by atoms with van der Waals surface area (Å²) in [5, 5.41) is 0. The second-order valence-electron chi connectivity index (χ2n) is 5.93. The van der Waals surface area contributed by atoms with Crippen LogP contribution in [0.3, 0.4) is 0 Å². The van der Waals surface area contributed by atoms with E-state index < -0.39 is 0 Å². The summed E-state index contributed by atoms with van der Waals surface area (Å²) in [6, 6.07) is 13.0. The number of rotatable bonds is 3. The normalized spacial score (nSPS) is 16.2. The summed E-state index contributed by atoms with van der Waals surface area (Å²) in [6.07, 6.45) is 9.24. The first kappa shape index (κ1) is 13.1. The Hall–Kier alpha value is -2.62. The van der Waals surface area contributed by atoms with E-state index in [2.05, 4.69) is 51.4 Å². The summed E-state index contributed by atoms with van der Waals surface area (Å²) in [5.41, 5.74) is 10.5. The molecule has 0 radical (unpaired) electrons. The zero-order valence-corrected chi connectivity index (χ0v) is 12.3. The first-order valence-electron chi connectivity index (χ1n) is 7.60. The van der Waals surface area contributed by atoms with Gasteiger partial charge in [-0.2, -0.15) is 0 Å². The maximum atomic E-state index is 5.54. The zero-order chi connectivity index (χ0) is 15.0. The van der Waals surface area contributed by atoms with Gasteiger partial charge >= 0.3 is 0 Å². The number of nitrogens with two attached hydrogens (primary N) is 1. The third-order valence-corrected chi connectivity index (χ3v) is 4.76. The van der Waals surface area contributed by atoms with E-state index >= 15 is 0 Å². The lowest BCUT2D eigenvalue weighted by atomic mass is 9.62. The van der Waals surface area contributed by atoms with Crippen molar-refractivity contribution in [2.45, 2.75) is 24.7 Å². The molecule has 4 rings (SSSR count). The molecule has 3 N–H and O–H groups in total. The van der Waals surface area contributed by atoms with Crippen LogP contribution in [0, 0.1) is 0 Å². The maximum Gasteiger partial charge on any atom is 0.219 e. The van der Waals surface area contributed by atoms with Gasteiger partial charge in [-0.05, 0) is 36.1 Å². The number of aromatic nitrogens is 3. The van der Waals surface area contributed by atoms with E-state index in [0.717, 1.165) is 11.1 Å². The van der Waals surface area contributed by atoms with Crippen molar-refractivity contribution in [3.63, 3.8) is 0 Å². The van der Waals surface area contributed by atoms with Gasteiger partial charge in [0.25, 0.3) is 0 Å². The molecule has 2 aromatic heterocycles. The molecule has 0 spiro atoms. The Balaban J connectivity index is 1.68. The topological polar surface area (TPSA) is 67.6 Å². The summed E-state index contributed by atoms with van der Waals surface area (Å²) < 4.78 is 0. The summed E-state index contributed by atoms with van der Waals surface area (Å²) in [4.78, 5) is 11.5. The van der Waals surface area contributed by atoms with Gasteiger partial charge in [0.2, 0.25) is 5.95 Å². The quantitative estimate of drug-likeness (QED) is 0.775. The predicted octanol–water partition coefficient (Wildman–Crippen LogP) is 3.52. The number of hydrogen-bond acceptors (Lipinski definition) is 3. The van der Waals surface area contributed by atoms with Gasteiger partial charge in [0.15, 0.2) is 0 Å². The fourth-order valence-corrected chi connectivity index (χ4v) is 3.34. The fraction of sp³-hybridized carbons (Fsp3) is 0.222. The molecule has 110 valence electrons. The minimum atomic E-state index is 0.166. The lowest BCUT2D eigenvalue weighted by Gasteiger charge is -2.42. The smallest absolute Gasteiger partial charge is 0.219 e. The molecule has 1 saturated carbocycles. The van der Waals surface area contributed by atoms with Crippen LogP contribution in [0.4, 0.5) is 5.95 Å². The molecule has 0 saturated heterocycles. The van der Waals surface area contributed by atoms with Gasteiger partial charge < -0.3 is 10.7 Å². The Morgan fingerprint density at radius 2 is 1.68 bits per heavy atom. The van der Waals surface area contributed by atoms with E-state index in [0.29, 0.717) is 5.95 Å². The summed E-state index contributed by atoms with van der Waals surface area (Å²) >= 11 is 0. The number of hydrogen-bond donors (Lipinski definition) is 2. The SMILES string of the molecule is Nc1ncc(-c2ccc(C3(c4ccc[nH]4)CCC3)cc2)cn1. The molecule has 4 nitrogen and oxygen atoms in total. The van der Waals surface area contributed by atoms with Crippen LogP contribution in [0.25, 0.3) is 11.1 Å². The van der Waals surface area contributed by atoms with Crippen molar-refractivity contribution >= 4 is 5.95 Å². The Morgan fingerprint density at radius 1 is 0.955 bits per heavy atom. The predicted molar refractivity (Wildman–Crippen MR) is 87.3 cm³/mol.